The summed E-state index contributed by atoms with van der Waals surface area (Å²) in [4.78, 5) is 16.5. The third-order valence-electron chi connectivity index (χ3n) is 3.76. The lowest BCUT2D eigenvalue weighted by molar-refractivity contribution is 0.0438. The van der Waals surface area contributed by atoms with Crippen LogP contribution in [0.15, 0.2) is 53.1 Å². The number of carbonyl (C=O) groups is 1. The molecule has 0 N–H and O–H groups in total. The summed E-state index contributed by atoms with van der Waals surface area (Å²) < 4.78 is 21.8. The Bertz CT molecular complexity index is 953. The van der Waals surface area contributed by atoms with Crippen molar-refractivity contribution in [2.75, 3.05) is 7.11 Å². The number of ether oxygens (including phenoxy) is 3. The van der Waals surface area contributed by atoms with E-state index in [0.29, 0.717) is 23.1 Å². The summed E-state index contributed by atoms with van der Waals surface area (Å²) in [6.45, 7) is 3.64. The Kier molecular flexibility index (Phi) is 6.21. The highest BCUT2D eigenvalue weighted by Crippen LogP contribution is 2.37. The van der Waals surface area contributed by atoms with Crippen LogP contribution >= 0.6 is 11.6 Å². The fourth-order valence-corrected chi connectivity index (χ4v) is 2.77. The predicted octanol–water partition coefficient (Wildman–Crippen LogP) is 5.15. The summed E-state index contributed by atoms with van der Waals surface area (Å²) in [5, 5.41) is 0.266. The molecule has 0 aliphatic heterocycles. The maximum Gasteiger partial charge on any atom is 0.338 e. The van der Waals surface area contributed by atoms with Crippen LogP contribution in [-0.2, 0) is 11.3 Å². The second kappa shape index (κ2) is 8.80. The second-order valence-electron chi connectivity index (χ2n) is 6.22. The van der Waals surface area contributed by atoms with Crippen molar-refractivity contribution in [1.29, 1.82) is 0 Å². The van der Waals surface area contributed by atoms with Crippen LogP contribution in [-0.4, -0.2) is 24.2 Å². The van der Waals surface area contributed by atoms with Crippen LogP contribution in [0.5, 0.6) is 11.5 Å². The summed E-state index contributed by atoms with van der Waals surface area (Å²) in [6, 6.07) is 12.5. The predicted molar refractivity (Wildman–Crippen MR) is 105 cm³/mol. The highest BCUT2D eigenvalue weighted by molar-refractivity contribution is 6.32. The van der Waals surface area contributed by atoms with E-state index < -0.39 is 5.97 Å². The van der Waals surface area contributed by atoms with Gasteiger partial charge in [-0.25, -0.2) is 9.78 Å². The van der Waals surface area contributed by atoms with Crippen LogP contribution in [0.3, 0.4) is 0 Å². The molecule has 3 aromatic rings. The van der Waals surface area contributed by atoms with Crippen molar-refractivity contribution in [3.8, 4) is 22.8 Å². The molecule has 0 amide bonds. The first kappa shape index (κ1) is 19.8. The standard InChI is InChI=1S/C21H20ClNO5/c1-13(2)27-20-16(22)9-15(10-17(20)25-3)21(24)26-12-19-23-11-18(28-19)14-7-5-4-6-8-14/h4-11,13H,12H2,1-3H3. The molecule has 6 nitrogen and oxygen atoms in total. The molecule has 0 spiro atoms. The number of hydrogen-bond acceptors (Lipinski definition) is 6. The second-order valence-corrected chi connectivity index (χ2v) is 6.62. The highest BCUT2D eigenvalue weighted by Gasteiger charge is 2.18. The van der Waals surface area contributed by atoms with E-state index in [1.165, 1.54) is 19.2 Å². The van der Waals surface area contributed by atoms with Crippen LogP contribution in [0.4, 0.5) is 0 Å². The number of benzene rings is 2. The van der Waals surface area contributed by atoms with Crippen molar-refractivity contribution in [2.45, 2.75) is 26.6 Å². The maximum absolute atomic E-state index is 12.4. The van der Waals surface area contributed by atoms with Crippen molar-refractivity contribution in [2.24, 2.45) is 0 Å². The molecule has 0 aliphatic rings. The number of nitrogens with zero attached hydrogens (tertiary/aromatic N) is 1. The SMILES string of the molecule is COc1cc(C(=O)OCc2ncc(-c3ccccc3)o2)cc(Cl)c1OC(C)C. The van der Waals surface area contributed by atoms with Gasteiger partial charge in [0.15, 0.2) is 23.9 Å². The lowest BCUT2D eigenvalue weighted by Gasteiger charge is -2.16. The zero-order valence-electron chi connectivity index (χ0n) is 15.8. The van der Waals surface area contributed by atoms with E-state index in [9.17, 15) is 4.79 Å². The van der Waals surface area contributed by atoms with E-state index in [0.717, 1.165) is 5.56 Å². The first-order valence-electron chi connectivity index (χ1n) is 8.69. The molecule has 0 unspecified atom stereocenters. The minimum absolute atomic E-state index is 0.0898. The molecule has 1 heterocycles. The topological polar surface area (TPSA) is 70.8 Å². The molecule has 1 aromatic heterocycles. The van der Waals surface area contributed by atoms with Gasteiger partial charge in [-0.15, -0.1) is 0 Å². The molecule has 146 valence electrons. The molecular formula is C21H20ClNO5. The molecule has 3 rings (SSSR count). The molecule has 0 atom stereocenters. The van der Waals surface area contributed by atoms with E-state index in [1.54, 1.807) is 6.20 Å². The van der Waals surface area contributed by atoms with Gasteiger partial charge in [-0.2, -0.15) is 0 Å². The lowest BCUT2D eigenvalue weighted by Crippen LogP contribution is -2.09. The first-order chi connectivity index (χ1) is 13.5. The van der Waals surface area contributed by atoms with E-state index in [1.807, 2.05) is 44.2 Å². The maximum atomic E-state index is 12.4. The zero-order valence-corrected chi connectivity index (χ0v) is 16.5. The monoisotopic (exact) mass is 401 g/mol. The molecule has 0 aliphatic carbocycles. The Balaban J connectivity index is 1.70. The minimum atomic E-state index is -0.573. The Hall–Kier alpha value is -2.99. The van der Waals surface area contributed by atoms with Crippen LogP contribution < -0.4 is 9.47 Å². The number of rotatable bonds is 7. The van der Waals surface area contributed by atoms with Gasteiger partial charge in [0.25, 0.3) is 0 Å². The molecule has 0 radical (unpaired) electrons. The van der Waals surface area contributed by atoms with E-state index in [2.05, 4.69) is 4.98 Å². The largest absolute Gasteiger partial charge is 0.493 e. The van der Waals surface area contributed by atoms with E-state index in [-0.39, 0.29) is 23.3 Å². The molecule has 0 bridgehead atoms. The average molecular weight is 402 g/mol. The van der Waals surface area contributed by atoms with Gasteiger partial charge in [-0.3, -0.25) is 0 Å². The van der Waals surface area contributed by atoms with Gasteiger partial charge in [-0.1, -0.05) is 41.9 Å². The molecule has 2 aromatic carbocycles. The number of halogens is 1. The number of oxazole rings is 1. The number of methoxy groups -OCH3 is 1. The van der Waals surface area contributed by atoms with Crippen molar-refractivity contribution < 1.29 is 23.4 Å². The van der Waals surface area contributed by atoms with Crippen molar-refractivity contribution in [1.82, 2.24) is 4.98 Å². The number of aromatic nitrogens is 1. The number of hydrogen-bond donors (Lipinski definition) is 0. The van der Waals surface area contributed by atoms with Crippen LogP contribution in [0.1, 0.15) is 30.1 Å². The van der Waals surface area contributed by atoms with Gasteiger partial charge in [-0.05, 0) is 26.0 Å². The first-order valence-corrected chi connectivity index (χ1v) is 9.07. The van der Waals surface area contributed by atoms with Crippen LogP contribution in [0.2, 0.25) is 5.02 Å². The van der Waals surface area contributed by atoms with E-state index in [4.69, 9.17) is 30.2 Å². The van der Waals surface area contributed by atoms with E-state index >= 15 is 0 Å². The summed E-state index contributed by atoms with van der Waals surface area (Å²) in [5.74, 6) is 1.07. The Morgan fingerprint density at radius 2 is 1.96 bits per heavy atom. The Morgan fingerprint density at radius 1 is 1.21 bits per heavy atom. The summed E-state index contributed by atoms with van der Waals surface area (Å²) in [7, 11) is 1.48. The summed E-state index contributed by atoms with van der Waals surface area (Å²) >= 11 is 6.25. The van der Waals surface area contributed by atoms with Crippen LogP contribution in [0, 0.1) is 0 Å². The normalized spacial score (nSPS) is 10.8. The highest BCUT2D eigenvalue weighted by atomic mass is 35.5. The van der Waals surface area contributed by atoms with Gasteiger partial charge in [0, 0.05) is 5.56 Å². The Labute approximate surface area is 168 Å². The van der Waals surface area contributed by atoms with Gasteiger partial charge < -0.3 is 18.6 Å². The molecule has 28 heavy (non-hydrogen) atoms. The molecular weight excluding hydrogens is 382 g/mol. The summed E-state index contributed by atoms with van der Waals surface area (Å²) in [6.07, 6.45) is 1.50. The van der Waals surface area contributed by atoms with Gasteiger partial charge >= 0.3 is 5.97 Å². The third kappa shape index (κ3) is 4.64. The fraction of sp³-hybridized carbons (Fsp3) is 0.238. The van der Waals surface area contributed by atoms with Crippen molar-refractivity contribution in [3.05, 3.63) is 65.1 Å². The van der Waals surface area contributed by atoms with Crippen molar-refractivity contribution in [3.63, 3.8) is 0 Å². The van der Waals surface area contributed by atoms with Gasteiger partial charge in [0.2, 0.25) is 5.89 Å². The summed E-state index contributed by atoms with van der Waals surface area (Å²) in [5.41, 5.74) is 1.14. The minimum Gasteiger partial charge on any atom is -0.493 e. The molecule has 7 heteroatoms. The molecule has 0 saturated heterocycles. The Morgan fingerprint density at radius 3 is 2.64 bits per heavy atom. The van der Waals surface area contributed by atoms with Crippen molar-refractivity contribution >= 4 is 17.6 Å². The quantitative estimate of drug-likeness (QED) is 0.510. The number of esters is 1. The molecule has 0 saturated carbocycles. The molecule has 0 fully saturated rings. The smallest absolute Gasteiger partial charge is 0.338 e. The van der Waals surface area contributed by atoms with Gasteiger partial charge in [0.05, 0.1) is 30.0 Å². The average Bonchev–Trinajstić information content (AvgIpc) is 3.17. The van der Waals surface area contributed by atoms with Gasteiger partial charge in [0.1, 0.15) is 0 Å². The fourth-order valence-electron chi connectivity index (χ4n) is 2.51. The zero-order chi connectivity index (χ0) is 20.1. The lowest BCUT2D eigenvalue weighted by atomic mass is 10.2. The third-order valence-corrected chi connectivity index (χ3v) is 4.04. The number of carbonyl (C=O) groups excluding carboxylic acids is 1. The van der Waals surface area contributed by atoms with Crippen LogP contribution in [0.25, 0.3) is 11.3 Å².